The summed E-state index contributed by atoms with van der Waals surface area (Å²) in [4.78, 5) is 16.1. The number of rotatable bonds is 4. The van der Waals surface area contributed by atoms with Crippen molar-refractivity contribution in [3.63, 3.8) is 0 Å². The third-order valence-corrected chi connectivity index (χ3v) is 3.46. The number of anilines is 2. The van der Waals surface area contributed by atoms with Gasteiger partial charge in [-0.3, -0.25) is 4.79 Å². The van der Waals surface area contributed by atoms with Crippen LogP contribution in [0.25, 0.3) is 0 Å². The molecule has 0 aliphatic rings. The molecule has 8 heteroatoms. The van der Waals surface area contributed by atoms with Gasteiger partial charge in [0.15, 0.2) is 0 Å². The third-order valence-electron chi connectivity index (χ3n) is 2.61. The van der Waals surface area contributed by atoms with Crippen LogP contribution in [0.4, 0.5) is 11.5 Å². The van der Waals surface area contributed by atoms with E-state index >= 15 is 0 Å². The molecule has 6 nitrogen and oxygen atoms in total. The first-order valence-electron chi connectivity index (χ1n) is 5.82. The molecule has 1 aromatic carbocycles. The number of carbonyl (C=O) groups is 1. The Morgan fingerprint density at radius 1 is 1.38 bits per heavy atom. The van der Waals surface area contributed by atoms with E-state index in [1.165, 1.54) is 12.1 Å². The summed E-state index contributed by atoms with van der Waals surface area (Å²) >= 11 is 9.18. The standard InChI is InChI=1S/C13H12BrClN4O2/c1-21-10-6-8(2-3-9(10)14)17-13(20)7-4-11(15)18-12(5-7)19-16/h2-6H,16H2,1H3,(H,17,20)(H,18,19). The van der Waals surface area contributed by atoms with Crippen molar-refractivity contribution in [2.24, 2.45) is 5.84 Å². The van der Waals surface area contributed by atoms with Crippen LogP contribution in [0.3, 0.4) is 0 Å². The zero-order valence-electron chi connectivity index (χ0n) is 11.0. The van der Waals surface area contributed by atoms with Crippen LogP contribution in [0.1, 0.15) is 10.4 Å². The number of nitrogens with two attached hydrogens (primary N) is 1. The molecular weight excluding hydrogens is 360 g/mol. The molecule has 0 aliphatic carbocycles. The van der Waals surface area contributed by atoms with Gasteiger partial charge in [-0.25, -0.2) is 10.8 Å². The van der Waals surface area contributed by atoms with E-state index in [-0.39, 0.29) is 11.1 Å². The fraction of sp³-hybridized carbons (Fsp3) is 0.0769. The molecule has 110 valence electrons. The lowest BCUT2D eigenvalue weighted by Crippen LogP contribution is -2.14. The van der Waals surface area contributed by atoms with Crippen LogP contribution in [0.15, 0.2) is 34.8 Å². The number of ether oxygens (including phenoxy) is 1. The number of nitrogens with zero attached hydrogens (tertiary/aromatic N) is 1. The fourth-order valence-corrected chi connectivity index (χ4v) is 2.26. The number of carbonyl (C=O) groups excluding carboxylic acids is 1. The number of aromatic nitrogens is 1. The molecule has 0 aliphatic heterocycles. The number of hydrogen-bond donors (Lipinski definition) is 3. The summed E-state index contributed by atoms with van der Waals surface area (Å²) in [6, 6.07) is 8.17. The summed E-state index contributed by atoms with van der Waals surface area (Å²) < 4.78 is 5.97. The Bertz CT molecular complexity index is 681. The van der Waals surface area contributed by atoms with Crippen molar-refractivity contribution in [2.45, 2.75) is 0 Å². The van der Waals surface area contributed by atoms with Gasteiger partial charge in [0, 0.05) is 17.3 Å². The van der Waals surface area contributed by atoms with Gasteiger partial charge in [-0.2, -0.15) is 0 Å². The first-order valence-corrected chi connectivity index (χ1v) is 6.99. The van der Waals surface area contributed by atoms with Gasteiger partial charge in [0.1, 0.15) is 16.7 Å². The average molecular weight is 372 g/mol. The number of benzene rings is 1. The highest BCUT2D eigenvalue weighted by atomic mass is 79.9. The second-order valence-electron chi connectivity index (χ2n) is 4.01. The highest BCUT2D eigenvalue weighted by Crippen LogP contribution is 2.28. The lowest BCUT2D eigenvalue weighted by molar-refractivity contribution is 0.102. The van der Waals surface area contributed by atoms with Gasteiger partial charge in [-0.1, -0.05) is 11.6 Å². The summed E-state index contributed by atoms with van der Waals surface area (Å²) in [6.45, 7) is 0. The highest BCUT2D eigenvalue weighted by Gasteiger charge is 2.10. The van der Waals surface area contributed by atoms with Crippen LogP contribution in [0.2, 0.25) is 5.15 Å². The number of halogens is 2. The Hall–Kier alpha value is -1.83. The summed E-state index contributed by atoms with van der Waals surface area (Å²) in [5, 5.41) is 2.91. The molecule has 1 aromatic heterocycles. The molecule has 0 saturated heterocycles. The zero-order valence-corrected chi connectivity index (χ0v) is 13.3. The molecule has 0 unspecified atom stereocenters. The molecule has 0 fully saturated rings. The molecule has 0 spiro atoms. The van der Waals surface area contributed by atoms with E-state index in [1.54, 1.807) is 25.3 Å². The zero-order chi connectivity index (χ0) is 15.4. The number of nitrogen functional groups attached to an aromatic ring is 1. The minimum absolute atomic E-state index is 0.170. The number of nitrogens with one attached hydrogen (secondary N) is 2. The highest BCUT2D eigenvalue weighted by molar-refractivity contribution is 9.10. The molecular formula is C13H12BrClN4O2. The predicted molar refractivity (Wildman–Crippen MR) is 85.7 cm³/mol. The number of hydrogen-bond acceptors (Lipinski definition) is 5. The Kier molecular flexibility index (Phi) is 5.00. The van der Waals surface area contributed by atoms with Gasteiger partial charge in [-0.05, 0) is 40.2 Å². The Morgan fingerprint density at radius 3 is 2.81 bits per heavy atom. The van der Waals surface area contributed by atoms with Gasteiger partial charge in [0.2, 0.25) is 0 Å². The average Bonchev–Trinajstić information content (AvgIpc) is 2.48. The molecule has 2 aromatic rings. The van der Waals surface area contributed by atoms with E-state index in [0.717, 1.165) is 4.47 Å². The van der Waals surface area contributed by atoms with Crippen molar-refractivity contribution in [3.8, 4) is 5.75 Å². The van der Waals surface area contributed by atoms with Gasteiger partial charge in [0.05, 0.1) is 11.6 Å². The van der Waals surface area contributed by atoms with Crippen molar-refractivity contribution >= 4 is 44.9 Å². The third kappa shape index (κ3) is 3.84. The minimum atomic E-state index is -0.333. The number of methoxy groups -OCH3 is 1. The normalized spacial score (nSPS) is 10.1. The van der Waals surface area contributed by atoms with Crippen molar-refractivity contribution in [1.82, 2.24) is 4.98 Å². The minimum Gasteiger partial charge on any atom is -0.495 e. The molecule has 1 amide bonds. The van der Waals surface area contributed by atoms with E-state index in [9.17, 15) is 4.79 Å². The Labute approximate surface area is 134 Å². The van der Waals surface area contributed by atoms with E-state index in [1.807, 2.05) is 0 Å². The fourth-order valence-electron chi connectivity index (χ4n) is 1.64. The molecule has 0 radical (unpaired) electrons. The molecule has 0 saturated carbocycles. The molecule has 2 rings (SSSR count). The Morgan fingerprint density at radius 2 is 2.14 bits per heavy atom. The SMILES string of the molecule is COc1cc(NC(=O)c2cc(Cl)nc(NN)c2)ccc1Br. The first kappa shape index (κ1) is 15.6. The second-order valence-corrected chi connectivity index (χ2v) is 5.25. The van der Waals surface area contributed by atoms with Crippen LogP contribution < -0.4 is 21.3 Å². The topological polar surface area (TPSA) is 89.3 Å². The van der Waals surface area contributed by atoms with E-state index in [0.29, 0.717) is 22.8 Å². The van der Waals surface area contributed by atoms with E-state index in [4.69, 9.17) is 22.2 Å². The maximum Gasteiger partial charge on any atom is 0.255 e. The predicted octanol–water partition coefficient (Wildman–Crippen LogP) is 3.04. The van der Waals surface area contributed by atoms with Crippen molar-refractivity contribution < 1.29 is 9.53 Å². The van der Waals surface area contributed by atoms with E-state index in [2.05, 4.69) is 31.7 Å². The molecule has 0 bridgehead atoms. The molecule has 1 heterocycles. The quantitative estimate of drug-likeness (QED) is 0.437. The molecule has 21 heavy (non-hydrogen) atoms. The van der Waals surface area contributed by atoms with Crippen molar-refractivity contribution in [2.75, 3.05) is 17.9 Å². The number of hydrazine groups is 1. The van der Waals surface area contributed by atoms with Crippen LogP contribution in [-0.2, 0) is 0 Å². The van der Waals surface area contributed by atoms with Crippen LogP contribution >= 0.6 is 27.5 Å². The van der Waals surface area contributed by atoms with Gasteiger partial charge < -0.3 is 15.5 Å². The largest absolute Gasteiger partial charge is 0.495 e. The van der Waals surface area contributed by atoms with Gasteiger partial charge in [-0.15, -0.1) is 0 Å². The number of amides is 1. The van der Waals surface area contributed by atoms with Gasteiger partial charge in [0.25, 0.3) is 5.91 Å². The Balaban J connectivity index is 2.23. The van der Waals surface area contributed by atoms with E-state index < -0.39 is 0 Å². The monoisotopic (exact) mass is 370 g/mol. The lowest BCUT2D eigenvalue weighted by Gasteiger charge is -2.09. The van der Waals surface area contributed by atoms with Crippen LogP contribution in [0.5, 0.6) is 5.75 Å². The lowest BCUT2D eigenvalue weighted by atomic mass is 10.2. The summed E-state index contributed by atoms with van der Waals surface area (Å²) in [7, 11) is 1.55. The van der Waals surface area contributed by atoms with Crippen LogP contribution in [-0.4, -0.2) is 18.0 Å². The molecule has 4 N–H and O–H groups in total. The summed E-state index contributed by atoms with van der Waals surface area (Å²) in [6.07, 6.45) is 0. The summed E-state index contributed by atoms with van der Waals surface area (Å²) in [5.41, 5.74) is 3.28. The maximum absolute atomic E-state index is 12.2. The first-order chi connectivity index (χ1) is 10.0. The molecule has 0 atom stereocenters. The smallest absolute Gasteiger partial charge is 0.255 e. The van der Waals surface area contributed by atoms with Crippen LogP contribution in [0, 0.1) is 0 Å². The van der Waals surface area contributed by atoms with Crippen molar-refractivity contribution in [1.29, 1.82) is 0 Å². The second kappa shape index (κ2) is 6.75. The number of pyridine rings is 1. The summed E-state index contributed by atoms with van der Waals surface area (Å²) in [5.74, 6) is 5.86. The van der Waals surface area contributed by atoms with Crippen molar-refractivity contribution in [3.05, 3.63) is 45.5 Å². The van der Waals surface area contributed by atoms with Gasteiger partial charge >= 0.3 is 0 Å². The maximum atomic E-state index is 12.2.